The molecule has 270 valence electrons. The predicted molar refractivity (Wildman–Crippen MR) is 206 cm³/mol. The Kier molecular flexibility index (Phi) is 12.0. The van der Waals surface area contributed by atoms with Crippen molar-refractivity contribution in [3.63, 3.8) is 0 Å². The first-order chi connectivity index (χ1) is 24.4. The van der Waals surface area contributed by atoms with Crippen LogP contribution in [0.25, 0.3) is 10.9 Å². The van der Waals surface area contributed by atoms with Crippen molar-refractivity contribution in [3.8, 4) is 11.5 Å². The van der Waals surface area contributed by atoms with Crippen molar-refractivity contribution in [2.75, 3.05) is 30.7 Å². The molecule has 51 heavy (non-hydrogen) atoms. The topological polar surface area (TPSA) is 131 Å². The maximum absolute atomic E-state index is 13.2. The Morgan fingerprint density at radius 3 is 1.86 bits per heavy atom. The zero-order valence-electron chi connectivity index (χ0n) is 30.5. The Balaban J connectivity index is 1.53. The van der Waals surface area contributed by atoms with Crippen LogP contribution in [0.15, 0.2) is 84.3 Å². The quantitative estimate of drug-likeness (QED) is 0.107. The van der Waals surface area contributed by atoms with E-state index in [0.717, 1.165) is 41.0 Å². The molecule has 0 saturated heterocycles. The molecule has 2 N–H and O–H groups in total. The molecule has 0 aliphatic rings. The lowest BCUT2D eigenvalue weighted by Crippen LogP contribution is -2.47. The van der Waals surface area contributed by atoms with E-state index in [1.807, 2.05) is 87.5 Å². The van der Waals surface area contributed by atoms with Gasteiger partial charge in [0.2, 0.25) is 5.16 Å². The van der Waals surface area contributed by atoms with Crippen LogP contribution < -0.4 is 24.4 Å². The fourth-order valence-corrected chi connectivity index (χ4v) is 7.16. The average Bonchev–Trinajstić information content (AvgIpc) is 3.13. The van der Waals surface area contributed by atoms with Crippen LogP contribution in [0.4, 0.5) is 17.5 Å². The molecule has 2 aromatic carbocycles. The Hall–Kier alpha value is -4.46. The number of benzene rings is 2. The summed E-state index contributed by atoms with van der Waals surface area (Å²) >= 11 is 0. The Morgan fingerprint density at radius 2 is 1.35 bits per heavy atom. The van der Waals surface area contributed by atoms with Gasteiger partial charge in [0.25, 0.3) is 0 Å². The Morgan fingerprint density at radius 1 is 0.784 bits per heavy atom. The van der Waals surface area contributed by atoms with Crippen LogP contribution in [0.3, 0.4) is 0 Å². The molecular formula is C38H47N7O4S2. The smallest absolute Gasteiger partial charge is 0.220 e. The van der Waals surface area contributed by atoms with Crippen LogP contribution in [-0.4, -0.2) is 53.6 Å². The van der Waals surface area contributed by atoms with Crippen LogP contribution in [-0.2, 0) is 40.4 Å². The van der Waals surface area contributed by atoms with Crippen molar-refractivity contribution < 1.29 is 17.9 Å². The summed E-state index contributed by atoms with van der Waals surface area (Å²) in [5.74, 6) is 3.26. The minimum atomic E-state index is -1.45. The van der Waals surface area contributed by atoms with Gasteiger partial charge in [0.05, 0.1) is 57.2 Å². The minimum Gasteiger partial charge on any atom is -0.497 e. The number of aromatic nitrogens is 4. The molecular weight excluding hydrogens is 683 g/mol. The molecule has 0 fully saturated rings. The molecule has 11 nitrogen and oxygen atoms in total. The molecule has 0 bridgehead atoms. The number of methoxy groups -OCH3 is 2. The Labute approximate surface area is 305 Å². The van der Waals surface area contributed by atoms with Crippen LogP contribution in [0.2, 0.25) is 0 Å². The second-order valence-corrected chi connectivity index (χ2v) is 16.5. The highest BCUT2D eigenvalue weighted by Gasteiger charge is 2.34. The normalized spacial score (nSPS) is 13.1. The van der Waals surface area contributed by atoms with E-state index >= 15 is 0 Å². The highest BCUT2D eigenvalue weighted by atomic mass is 32.2. The number of anilines is 3. The summed E-state index contributed by atoms with van der Waals surface area (Å²) in [7, 11) is 0.570. The third kappa shape index (κ3) is 9.07. The van der Waals surface area contributed by atoms with Crippen LogP contribution in [0, 0.1) is 0 Å². The first kappa shape index (κ1) is 37.8. The molecule has 0 saturated carbocycles. The molecule has 3 heterocycles. The van der Waals surface area contributed by atoms with Crippen molar-refractivity contribution in [2.24, 2.45) is 0 Å². The molecule has 5 aromatic rings. The number of hydrogen-bond acceptors (Lipinski definition) is 10. The maximum Gasteiger partial charge on any atom is 0.220 e. The summed E-state index contributed by atoms with van der Waals surface area (Å²) in [6.07, 6.45) is 6.54. The highest BCUT2D eigenvalue weighted by molar-refractivity contribution is 7.84. The first-order valence-electron chi connectivity index (χ1n) is 16.8. The minimum absolute atomic E-state index is 0.220. The predicted octanol–water partition coefficient (Wildman–Crippen LogP) is 7.19. The average molecular weight is 730 g/mol. The zero-order valence-corrected chi connectivity index (χ0v) is 32.2. The molecule has 0 spiro atoms. The molecule has 2 atom stereocenters. The van der Waals surface area contributed by atoms with E-state index in [4.69, 9.17) is 24.4 Å². The fraction of sp³-hybridized carbons (Fsp3) is 0.368. The maximum atomic E-state index is 13.2. The number of hydrogen-bond donors (Lipinski definition) is 2. The summed E-state index contributed by atoms with van der Waals surface area (Å²) < 4.78 is 39.8. The summed E-state index contributed by atoms with van der Waals surface area (Å²) in [5.41, 5.74) is 3.15. The van der Waals surface area contributed by atoms with Gasteiger partial charge in [-0.3, -0.25) is 4.21 Å². The zero-order chi connectivity index (χ0) is 36.8. The van der Waals surface area contributed by atoms with Crippen molar-refractivity contribution >= 4 is 50.1 Å². The summed E-state index contributed by atoms with van der Waals surface area (Å²) in [5, 5.41) is 4.27. The van der Waals surface area contributed by atoms with E-state index in [1.54, 1.807) is 32.9 Å². The van der Waals surface area contributed by atoms with E-state index in [0.29, 0.717) is 41.4 Å². The van der Waals surface area contributed by atoms with Gasteiger partial charge in [-0.25, -0.2) is 28.9 Å². The van der Waals surface area contributed by atoms with Gasteiger partial charge in [0.1, 0.15) is 29.0 Å². The van der Waals surface area contributed by atoms with Gasteiger partial charge in [0.15, 0.2) is 0 Å². The van der Waals surface area contributed by atoms with E-state index in [1.165, 1.54) is 0 Å². The number of rotatable bonds is 15. The van der Waals surface area contributed by atoms with E-state index in [9.17, 15) is 8.42 Å². The van der Waals surface area contributed by atoms with Crippen molar-refractivity contribution in [1.82, 2.24) is 24.7 Å². The van der Waals surface area contributed by atoms with Gasteiger partial charge >= 0.3 is 0 Å². The van der Waals surface area contributed by atoms with Crippen molar-refractivity contribution in [1.29, 1.82) is 0 Å². The fourth-order valence-electron chi connectivity index (χ4n) is 5.65. The molecule has 0 aliphatic heterocycles. The van der Waals surface area contributed by atoms with E-state index in [2.05, 4.69) is 33.8 Å². The lowest BCUT2D eigenvalue weighted by molar-refractivity contribution is 0.370. The number of pyridine rings is 2. The SMILES string of the molecule is CCC(CC)(NS(=O)C(C)(C)C)c1ccnc(Nc2cc3nc(S(C)=O)nc(N(Cc4ccc(OC)cc4)Cc4ccc(OC)cc4)c3cn2)c1. The van der Waals surface area contributed by atoms with Gasteiger partial charge in [-0.15, -0.1) is 0 Å². The number of nitrogens with zero attached hydrogens (tertiary/aromatic N) is 5. The van der Waals surface area contributed by atoms with E-state index in [-0.39, 0.29) is 5.16 Å². The largest absolute Gasteiger partial charge is 0.497 e. The van der Waals surface area contributed by atoms with Gasteiger partial charge in [-0.1, -0.05) is 38.1 Å². The standard InChI is InChI=1S/C38H47N7O4S2/c1-9-38(10-2,44-51(47)37(3,4)5)28-19-20-39-33(21-28)42-34-22-32-31(23-40-34)35(43-36(41-32)50(8)46)45(24-26-11-15-29(48-6)16-12-26)25-27-13-17-30(49-7)18-14-27/h11-23,44H,9-10,24-25H2,1-8H3,(H,39,40,42). The van der Waals surface area contributed by atoms with Gasteiger partial charge in [0, 0.05) is 37.8 Å². The lowest BCUT2D eigenvalue weighted by atomic mass is 9.86. The van der Waals surface area contributed by atoms with Crippen LogP contribution in [0.5, 0.6) is 11.5 Å². The molecule has 13 heteroatoms. The summed E-state index contributed by atoms with van der Waals surface area (Å²) in [6, 6.07) is 21.5. The second-order valence-electron chi connectivity index (χ2n) is 13.2. The molecule has 3 aromatic heterocycles. The summed E-state index contributed by atoms with van der Waals surface area (Å²) in [6.45, 7) is 11.1. The lowest BCUT2D eigenvalue weighted by Gasteiger charge is -2.35. The highest BCUT2D eigenvalue weighted by Crippen LogP contribution is 2.33. The number of fused-ring (bicyclic) bond motifs is 1. The second kappa shape index (κ2) is 16.3. The molecule has 0 aliphatic carbocycles. The molecule has 0 amide bonds. The van der Waals surface area contributed by atoms with Gasteiger partial charge in [-0.05, 0) is 86.7 Å². The number of nitrogens with one attached hydrogen (secondary N) is 2. The summed E-state index contributed by atoms with van der Waals surface area (Å²) in [4.78, 5) is 21.0. The molecule has 2 unspecified atom stereocenters. The molecule has 5 rings (SSSR count). The van der Waals surface area contributed by atoms with Crippen molar-refractivity contribution in [3.05, 3.63) is 95.8 Å². The van der Waals surface area contributed by atoms with Gasteiger partial charge in [-0.2, -0.15) is 0 Å². The van der Waals surface area contributed by atoms with E-state index < -0.39 is 32.1 Å². The first-order valence-corrected chi connectivity index (χ1v) is 19.5. The van der Waals surface area contributed by atoms with Crippen LogP contribution >= 0.6 is 0 Å². The monoisotopic (exact) mass is 729 g/mol. The van der Waals surface area contributed by atoms with Crippen molar-refractivity contribution in [2.45, 2.75) is 76.0 Å². The van der Waals surface area contributed by atoms with Gasteiger partial charge < -0.3 is 19.7 Å². The Bertz CT molecular complexity index is 1950. The third-order valence-corrected chi connectivity index (χ3v) is 11.2. The number of ether oxygens (including phenoxy) is 2. The third-order valence-electron chi connectivity index (χ3n) is 8.78. The van der Waals surface area contributed by atoms with Crippen LogP contribution in [0.1, 0.15) is 64.2 Å². The molecule has 0 radical (unpaired) electrons.